The smallest absolute Gasteiger partial charge is 0.259 e. The summed E-state index contributed by atoms with van der Waals surface area (Å²) in [5, 5.41) is 27.4. The third-order valence-electron chi connectivity index (χ3n) is 3.65. The number of hydrazone groups is 1. The molecule has 3 aromatic rings. The van der Waals surface area contributed by atoms with E-state index in [0.717, 1.165) is 16.6 Å². The predicted octanol–water partition coefficient (Wildman–Crippen LogP) is 3.73. The monoisotopic (exact) mass is 492 g/mol. The van der Waals surface area contributed by atoms with Crippen LogP contribution in [0.2, 0.25) is 0 Å². The Bertz CT molecular complexity index is 1040. The van der Waals surface area contributed by atoms with Crippen molar-refractivity contribution in [1.82, 2.24) is 10.4 Å². The molecular weight excluding hydrogens is 480 g/mol. The van der Waals surface area contributed by atoms with Crippen LogP contribution in [0.3, 0.4) is 0 Å². The van der Waals surface area contributed by atoms with Crippen molar-refractivity contribution in [3.8, 4) is 11.5 Å². The molecule has 0 spiro atoms. The fourth-order valence-corrected chi connectivity index (χ4v) is 3.45. The first-order chi connectivity index (χ1) is 13.0. The topological polar surface area (TPSA) is 107 Å². The lowest BCUT2D eigenvalue weighted by atomic mass is 10.2. The van der Waals surface area contributed by atoms with Gasteiger partial charge in [-0.05, 0) is 62.2 Å². The van der Waals surface area contributed by atoms with E-state index in [0.29, 0.717) is 10.0 Å². The number of aromatic nitrogens is 1. The van der Waals surface area contributed by atoms with Gasteiger partial charge in [0.1, 0.15) is 16.0 Å². The van der Waals surface area contributed by atoms with Crippen LogP contribution in [0.15, 0.2) is 56.6 Å². The van der Waals surface area contributed by atoms with E-state index in [2.05, 4.69) is 52.7 Å². The first kappa shape index (κ1) is 19.1. The number of benzene rings is 2. The molecule has 7 nitrogen and oxygen atoms in total. The van der Waals surface area contributed by atoms with Gasteiger partial charge in [-0.25, -0.2) is 5.43 Å². The number of nitrogens with one attached hydrogen (secondary N) is 2. The van der Waals surface area contributed by atoms with Crippen molar-refractivity contribution < 1.29 is 15.0 Å². The minimum atomic E-state index is -0.353. The van der Waals surface area contributed by atoms with Crippen molar-refractivity contribution >= 4 is 60.6 Å². The minimum Gasteiger partial charge on any atom is -0.506 e. The zero-order valence-corrected chi connectivity index (χ0v) is 17.0. The van der Waals surface area contributed by atoms with E-state index >= 15 is 0 Å². The Kier molecular flexibility index (Phi) is 5.92. The van der Waals surface area contributed by atoms with Crippen LogP contribution in [-0.4, -0.2) is 33.9 Å². The number of phenols is 2. The lowest BCUT2D eigenvalue weighted by Gasteiger charge is -2.07. The lowest BCUT2D eigenvalue weighted by molar-refractivity contribution is -0.119. The molecule has 0 aliphatic rings. The molecule has 0 unspecified atom stereocenters. The number of aromatic hydroxyl groups is 2. The van der Waals surface area contributed by atoms with Crippen LogP contribution in [0.25, 0.3) is 10.9 Å². The molecule has 0 aliphatic heterocycles. The number of phenolic OH excluding ortho intramolecular Hbond substituents is 2. The van der Waals surface area contributed by atoms with Gasteiger partial charge >= 0.3 is 0 Å². The summed E-state index contributed by atoms with van der Waals surface area (Å²) in [6, 6.07) is 10.9. The quantitative estimate of drug-likeness (QED) is 0.320. The van der Waals surface area contributed by atoms with Crippen LogP contribution in [0, 0.1) is 0 Å². The summed E-state index contributed by atoms with van der Waals surface area (Å²) in [4.78, 5) is 16.2. The second-order valence-corrected chi connectivity index (χ2v) is 7.16. The van der Waals surface area contributed by atoms with Crippen molar-refractivity contribution in [1.29, 1.82) is 0 Å². The van der Waals surface area contributed by atoms with Gasteiger partial charge in [-0.15, -0.1) is 0 Å². The highest BCUT2D eigenvalue weighted by atomic mass is 79.9. The predicted molar refractivity (Wildman–Crippen MR) is 111 cm³/mol. The molecule has 27 heavy (non-hydrogen) atoms. The van der Waals surface area contributed by atoms with Crippen molar-refractivity contribution in [2.24, 2.45) is 5.10 Å². The molecular formula is C18H14Br2N4O3. The molecule has 3 rings (SSSR count). The number of amides is 1. The zero-order valence-electron chi connectivity index (χ0n) is 13.8. The number of fused-ring (bicyclic) bond motifs is 1. The second kappa shape index (κ2) is 8.36. The van der Waals surface area contributed by atoms with Crippen LogP contribution < -0.4 is 10.7 Å². The second-order valence-electron chi connectivity index (χ2n) is 5.52. The molecule has 1 amide bonds. The molecule has 4 N–H and O–H groups in total. The van der Waals surface area contributed by atoms with Gasteiger partial charge in [0.15, 0.2) is 0 Å². The molecule has 0 aliphatic carbocycles. The Balaban J connectivity index is 1.59. The molecule has 138 valence electrons. The van der Waals surface area contributed by atoms with Crippen LogP contribution in [0.4, 0.5) is 5.69 Å². The molecule has 0 saturated carbocycles. The third-order valence-corrected chi connectivity index (χ3v) is 5.00. The SMILES string of the molecule is O=C(CNc1ccc2ncccc2c1)N/N=C/c1cc(Br)c(O)c(Br)c1O. The summed E-state index contributed by atoms with van der Waals surface area (Å²) < 4.78 is 0.518. The van der Waals surface area contributed by atoms with Gasteiger partial charge in [0.05, 0.1) is 22.7 Å². The van der Waals surface area contributed by atoms with Crippen LogP contribution in [0.5, 0.6) is 11.5 Å². The van der Waals surface area contributed by atoms with E-state index in [1.807, 2.05) is 30.3 Å². The number of hydrogen-bond donors (Lipinski definition) is 4. The zero-order chi connectivity index (χ0) is 19.4. The largest absolute Gasteiger partial charge is 0.506 e. The normalized spacial score (nSPS) is 11.0. The van der Waals surface area contributed by atoms with E-state index in [-0.39, 0.29) is 28.4 Å². The Morgan fingerprint density at radius 1 is 1.19 bits per heavy atom. The Morgan fingerprint density at radius 2 is 2.00 bits per heavy atom. The van der Waals surface area contributed by atoms with Crippen LogP contribution in [0.1, 0.15) is 5.56 Å². The van der Waals surface area contributed by atoms with E-state index in [1.54, 1.807) is 6.20 Å². The molecule has 1 aromatic heterocycles. The summed E-state index contributed by atoms with van der Waals surface area (Å²) in [5.74, 6) is -0.658. The standard InChI is InChI=1S/C18H14Br2N4O3/c19-13-7-11(17(26)16(20)18(13)27)8-23-24-15(25)9-22-12-3-4-14-10(6-12)2-1-5-21-14/h1-8,22,26-27H,9H2,(H,24,25)/b23-8+. The first-order valence-electron chi connectivity index (χ1n) is 7.76. The van der Waals surface area contributed by atoms with Crippen molar-refractivity contribution in [3.05, 3.63) is 57.1 Å². The summed E-state index contributed by atoms with van der Waals surface area (Å²) in [6.45, 7) is 0.0259. The third kappa shape index (κ3) is 4.55. The van der Waals surface area contributed by atoms with E-state index in [4.69, 9.17) is 0 Å². The van der Waals surface area contributed by atoms with Gasteiger partial charge in [-0.3, -0.25) is 9.78 Å². The average Bonchev–Trinajstić information content (AvgIpc) is 2.68. The Morgan fingerprint density at radius 3 is 2.81 bits per heavy atom. The summed E-state index contributed by atoms with van der Waals surface area (Å²) in [6.07, 6.45) is 3.01. The first-order valence-corrected chi connectivity index (χ1v) is 9.35. The highest BCUT2D eigenvalue weighted by Crippen LogP contribution is 2.40. The molecule has 2 aromatic carbocycles. The summed E-state index contributed by atoms with van der Waals surface area (Å²) in [7, 11) is 0. The molecule has 0 atom stereocenters. The number of pyridine rings is 1. The van der Waals surface area contributed by atoms with Gasteiger partial charge in [-0.2, -0.15) is 5.10 Å². The number of hydrogen-bond acceptors (Lipinski definition) is 6. The van der Waals surface area contributed by atoms with E-state index in [1.165, 1.54) is 12.3 Å². The number of carbonyl (C=O) groups is 1. The van der Waals surface area contributed by atoms with Gasteiger partial charge in [0.25, 0.3) is 5.91 Å². The number of rotatable bonds is 5. The highest BCUT2D eigenvalue weighted by molar-refractivity contribution is 9.11. The van der Waals surface area contributed by atoms with Crippen molar-refractivity contribution in [2.75, 3.05) is 11.9 Å². The molecule has 0 radical (unpaired) electrons. The Labute approximate surface area is 171 Å². The molecule has 0 bridgehead atoms. The van der Waals surface area contributed by atoms with Crippen molar-refractivity contribution in [2.45, 2.75) is 0 Å². The molecule has 0 fully saturated rings. The van der Waals surface area contributed by atoms with E-state index < -0.39 is 0 Å². The summed E-state index contributed by atoms with van der Waals surface area (Å²) >= 11 is 6.24. The number of anilines is 1. The maximum atomic E-state index is 11.9. The maximum absolute atomic E-state index is 11.9. The fourth-order valence-electron chi connectivity index (χ4n) is 2.30. The van der Waals surface area contributed by atoms with Crippen LogP contribution >= 0.6 is 31.9 Å². The summed E-state index contributed by atoms with van der Waals surface area (Å²) in [5.41, 5.74) is 4.36. The lowest BCUT2D eigenvalue weighted by Crippen LogP contribution is -2.25. The number of nitrogens with zero attached hydrogens (tertiary/aromatic N) is 2. The fraction of sp³-hybridized carbons (Fsp3) is 0.0556. The number of carbonyl (C=O) groups excluding carboxylic acids is 1. The van der Waals surface area contributed by atoms with Crippen LogP contribution in [-0.2, 0) is 4.79 Å². The molecule has 0 saturated heterocycles. The van der Waals surface area contributed by atoms with Crippen molar-refractivity contribution in [3.63, 3.8) is 0 Å². The maximum Gasteiger partial charge on any atom is 0.259 e. The number of halogens is 2. The Hall–Kier alpha value is -2.65. The highest BCUT2D eigenvalue weighted by Gasteiger charge is 2.12. The van der Waals surface area contributed by atoms with Gasteiger partial charge < -0.3 is 15.5 Å². The van der Waals surface area contributed by atoms with E-state index in [9.17, 15) is 15.0 Å². The minimum absolute atomic E-state index is 0.0259. The molecule has 9 heteroatoms. The average molecular weight is 494 g/mol. The van der Waals surface area contributed by atoms with Gasteiger partial charge in [-0.1, -0.05) is 6.07 Å². The van der Waals surface area contributed by atoms with Gasteiger partial charge in [0, 0.05) is 22.8 Å². The van der Waals surface area contributed by atoms with Gasteiger partial charge in [0.2, 0.25) is 0 Å². The molecule has 1 heterocycles.